The van der Waals surface area contributed by atoms with E-state index in [1.165, 1.54) is 45.2 Å². The van der Waals surface area contributed by atoms with Crippen molar-refractivity contribution in [3.05, 3.63) is 0 Å². The predicted molar refractivity (Wildman–Crippen MR) is 58.3 cm³/mol. The standard InChI is InChI=1S/C12H22N2/c1-14-5-4-11(8-14)13-12-7-9-2-3-10(12)6-9/h9-13H,2-8H2,1H3/t9-,10-,11-,12+/m0/s1. The summed E-state index contributed by atoms with van der Waals surface area (Å²) in [5, 5.41) is 3.90. The van der Waals surface area contributed by atoms with Crippen molar-refractivity contribution in [1.82, 2.24) is 10.2 Å². The predicted octanol–water partition coefficient (Wildman–Crippen LogP) is 1.47. The van der Waals surface area contributed by atoms with Crippen molar-refractivity contribution >= 4 is 0 Å². The first-order valence-electron chi connectivity index (χ1n) is 6.26. The highest BCUT2D eigenvalue weighted by Gasteiger charge is 2.40. The van der Waals surface area contributed by atoms with E-state index in [4.69, 9.17) is 0 Å². The van der Waals surface area contributed by atoms with E-state index >= 15 is 0 Å². The van der Waals surface area contributed by atoms with Gasteiger partial charge in [-0.3, -0.25) is 0 Å². The van der Waals surface area contributed by atoms with Crippen LogP contribution in [-0.4, -0.2) is 37.1 Å². The van der Waals surface area contributed by atoms with E-state index in [0.717, 1.165) is 23.9 Å². The molecule has 1 saturated heterocycles. The molecule has 0 aromatic rings. The highest BCUT2D eigenvalue weighted by Crippen LogP contribution is 2.44. The second-order valence-electron chi connectivity index (χ2n) is 5.70. The van der Waals surface area contributed by atoms with E-state index in [2.05, 4.69) is 17.3 Å². The van der Waals surface area contributed by atoms with Crippen LogP contribution in [0.25, 0.3) is 0 Å². The SMILES string of the molecule is CN1CC[C@H](N[C@@H]2C[C@H]3CC[C@H]2C3)C1. The number of likely N-dealkylation sites (N-methyl/N-ethyl adjacent to an activating group) is 1. The number of likely N-dealkylation sites (tertiary alicyclic amines) is 1. The first-order chi connectivity index (χ1) is 6.81. The first kappa shape index (κ1) is 9.17. The molecule has 3 aliphatic rings. The minimum atomic E-state index is 0.796. The normalized spacial score (nSPS) is 47.8. The van der Waals surface area contributed by atoms with E-state index in [9.17, 15) is 0 Å². The molecule has 2 heteroatoms. The fraction of sp³-hybridized carbons (Fsp3) is 1.00. The molecular weight excluding hydrogens is 172 g/mol. The van der Waals surface area contributed by atoms with Crippen molar-refractivity contribution in [2.75, 3.05) is 20.1 Å². The summed E-state index contributed by atoms with van der Waals surface area (Å²) in [6.45, 7) is 2.56. The Morgan fingerprint density at radius 1 is 1.14 bits per heavy atom. The lowest BCUT2D eigenvalue weighted by Crippen LogP contribution is -2.42. The van der Waals surface area contributed by atoms with Crippen molar-refractivity contribution in [3.63, 3.8) is 0 Å². The number of hydrogen-bond acceptors (Lipinski definition) is 2. The van der Waals surface area contributed by atoms with Crippen molar-refractivity contribution in [2.24, 2.45) is 11.8 Å². The molecule has 2 aliphatic carbocycles. The van der Waals surface area contributed by atoms with Crippen LogP contribution in [0.15, 0.2) is 0 Å². The summed E-state index contributed by atoms with van der Waals surface area (Å²) in [6, 6.07) is 1.68. The van der Waals surface area contributed by atoms with Gasteiger partial charge in [0.25, 0.3) is 0 Å². The maximum atomic E-state index is 3.90. The maximum Gasteiger partial charge on any atom is 0.0209 e. The van der Waals surface area contributed by atoms with Gasteiger partial charge in [-0.05, 0) is 51.1 Å². The van der Waals surface area contributed by atoms with Crippen LogP contribution < -0.4 is 5.32 Å². The van der Waals surface area contributed by atoms with Crippen LogP contribution in [0, 0.1) is 11.8 Å². The van der Waals surface area contributed by atoms with Gasteiger partial charge in [0.15, 0.2) is 0 Å². The average molecular weight is 194 g/mol. The van der Waals surface area contributed by atoms with Crippen molar-refractivity contribution in [2.45, 2.75) is 44.2 Å². The Hall–Kier alpha value is -0.0800. The number of rotatable bonds is 2. The Kier molecular flexibility index (Phi) is 2.29. The third-order valence-corrected chi connectivity index (χ3v) is 4.58. The fourth-order valence-corrected chi connectivity index (χ4v) is 3.82. The van der Waals surface area contributed by atoms with Gasteiger partial charge in [-0.2, -0.15) is 0 Å². The van der Waals surface area contributed by atoms with Crippen LogP contribution in [0.1, 0.15) is 32.1 Å². The average Bonchev–Trinajstić information content (AvgIpc) is 2.82. The van der Waals surface area contributed by atoms with Crippen molar-refractivity contribution in [1.29, 1.82) is 0 Å². The van der Waals surface area contributed by atoms with Gasteiger partial charge < -0.3 is 10.2 Å². The topological polar surface area (TPSA) is 15.3 Å². The van der Waals surface area contributed by atoms with Gasteiger partial charge in [0.1, 0.15) is 0 Å². The quantitative estimate of drug-likeness (QED) is 0.716. The van der Waals surface area contributed by atoms with Crippen LogP contribution in [-0.2, 0) is 0 Å². The highest BCUT2D eigenvalue weighted by molar-refractivity contribution is 4.96. The summed E-state index contributed by atoms with van der Waals surface area (Å²) in [4.78, 5) is 2.45. The minimum absolute atomic E-state index is 0.796. The highest BCUT2D eigenvalue weighted by atomic mass is 15.2. The molecule has 2 nitrogen and oxygen atoms in total. The Labute approximate surface area is 87.0 Å². The third kappa shape index (κ3) is 1.59. The van der Waals surface area contributed by atoms with E-state index in [0.29, 0.717) is 0 Å². The molecule has 0 aromatic heterocycles. The summed E-state index contributed by atoms with van der Waals surface area (Å²) >= 11 is 0. The summed E-state index contributed by atoms with van der Waals surface area (Å²) in [5.74, 6) is 2.11. The molecule has 2 saturated carbocycles. The van der Waals surface area contributed by atoms with Gasteiger partial charge in [0.2, 0.25) is 0 Å². The van der Waals surface area contributed by atoms with Crippen LogP contribution in [0.4, 0.5) is 0 Å². The Bertz CT molecular complexity index is 216. The minimum Gasteiger partial charge on any atom is -0.310 e. The van der Waals surface area contributed by atoms with Gasteiger partial charge in [0.05, 0.1) is 0 Å². The number of fused-ring (bicyclic) bond motifs is 2. The van der Waals surface area contributed by atoms with Crippen LogP contribution in [0.3, 0.4) is 0 Å². The van der Waals surface area contributed by atoms with Gasteiger partial charge in [-0.1, -0.05) is 6.42 Å². The zero-order valence-electron chi connectivity index (χ0n) is 9.21. The zero-order valence-corrected chi connectivity index (χ0v) is 9.21. The molecule has 3 rings (SSSR count). The summed E-state index contributed by atoms with van der Waals surface area (Å²) in [6.07, 6.45) is 7.40. The second kappa shape index (κ2) is 3.49. The second-order valence-corrected chi connectivity index (χ2v) is 5.70. The van der Waals surface area contributed by atoms with Gasteiger partial charge >= 0.3 is 0 Å². The Morgan fingerprint density at radius 2 is 2.07 bits per heavy atom. The molecule has 1 N–H and O–H groups in total. The molecule has 4 atom stereocenters. The molecular formula is C12H22N2. The number of hydrogen-bond donors (Lipinski definition) is 1. The molecule has 0 unspecified atom stereocenters. The molecule has 0 spiro atoms. The molecule has 0 radical (unpaired) electrons. The zero-order chi connectivity index (χ0) is 9.54. The van der Waals surface area contributed by atoms with Gasteiger partial charge in [-0.25, -0.2) is 0 Å². The summed E-state index contributed by atoms with van der Waals surface area (Å²) < 4.78 is 0. The third-order valence-electron chi connectivity index (χ3n) is 4.58. The van der Waals surface area contributed by atoms with Crippen LogP contribution >= 0.6 is 0 Å². The Balaban J connectivity index is 1.53. The summed E-state index contributed by atoms with van der Waals surface area (Å²) in [5.41, 5.74) is 0. The molecule has 0 aromatic carbocycles. The molecule has 80 valence electrons. The van der Waals surface area contributed by atoms with Gasteiger partial charge in [-0.15, -0.1) is 0 Å². The lowest BCUT2D eigenvalue weighted by molar-refractivity contribution is 0.312. The van der Waals surface area contributed by atoms with Crippen LogP contribution in [0.2, 0.25) is 0 Å². The van der Waals surface area contributed by atoms with E-state index in [-0.39, 0.29) is 0 Å². The molecule has 1 aliphatic heterocycles. The first-order valence-corrected chi connectivity index (χ1v) is 6.26. The molecule has 1 heterocycles. The summed E-state index contributed by atoms with van der Waals surface area (Å²) in [7, 11) is 2.24. The van der Waals surface area contributed by atoms with Crippen LogP contribution in [0.5, 0.6) is 0 Å². The monoisotopic (exact) mass is 194 g/mol. The Morgan fingerprint density at radius 3 is 2.64 bits per heavy atom. The van der Waals surface area contributed by atoms with E-state index in [1.807, 2.05) is 0 Å². The van der Waals surface area contributed by atoms with Crippen molar-refractivity contribution < 1.29 is 0 Å². The fourth-order valence-electron chi connectivity index (χ4n) is 3.82. The number of nitrogens with zero attached hydrogens (tertiary/aromatic N) is 1. The molecule has 14 heavy (non-hydrogen) atoms. The molecule has 3 fully saturated rings. The largest absolute Gasteiger partial charge is 0.310 e. The number of nitrogens with one attached hydrogen (secondary N) is 1. The van der Waals surface area contributed by atoms with E-state index < -0.39 is 0 Å². The van der Waals surface area contributed by atoms with Crippen molar-refractivity contribution in [3.8, 4) is 0 Å². The molecule has 0 amide bonds. The maximum absolute atomic E-state index is 3.90. The lowest BCUT2D eigenvalue weighted by atomic mass is 9.94. The molecule has 2 bridgehead atoms. The van der Waals surface area contributed by atoms with Gasteiger partial charge in [0, 0.05) is 18.6 Å². The van der Waals surface area contributed by atoms with E-state index in [1.54, 1.807) is 0 Å². The smallest absolute Gasteiger partial charge is 0.0209 e. The lowest BCUT2D eigenvalue weighted by Gasteiger charge is -2.26.